The normalized spacial score (nSPS) is 19.2. The lowest BCUT2D eigenvalue weighted by Gasteiger charge is -2.38. The molecule has 1 amide bonds. The monoisotopic (exact) mass is 292 g/mol. The average Bonchev–Trinajstić information content (AvgIpc) is 2.46. The minimum atomic E-state index is -0.460. The summed E-state index contributed by atoms with van der Waals surface area (Å²) >= 11 is 0. The van der Waals surface area contributed by atoms with Gasteiger partial charge in [-0.2, -0.15) is 0 Å². The summed E-state index contributed by atoms with van der Waals surface area (Å²) < 4.78 is 5.45. The highest BCUT2D eigenvalue weighted by molar-refractivity contribution is 5.68. The Bertz CT molecular complexity index is 472. The predicted molar refractivity (Wildman–Crippen MR) is 81.3 cm³/mol. The van der Waals surface area contributed by atoms with Crippen molar-refractivity contribution in [1.29, 1.82) is 0 Å². The molecule has 0 aromatic carbocycles. The van der Waals surface area contributed by atoms with E-state index < -0.39 is 5.60 Å². The Morgan fingerprint density at radius 1 is 1.38 bits per heavy atom. The molecule has 1 fully saturated rings. The van der Waals surface area contributed by atoms with E-state index in [0.29, 0.717) is 12.5 Å². The summed E-state index contributed by atoms with van der Waals surface area (Å²) in [4.78, 5) is 24.5. The number of hydrogen-bond donors (Lipinski definition) is 0. The van der Waals surface area contributed by atoms with E-state index in [1.165, 1.54) is 0 Å². The van der Waals surface area contributed by atoms with Crippen LogP contribution in [0.3, 0.4) is 0 Å². The maximum absolute atomic E-state index is 12.2. The molecule has 1 aromatic heterocycles. The fraction of sp³-hybridized carbons (Fsp3) is 0.667. The van der Waals surface area contributed by atoms with Crippen molar-refractivity contribution >= 4 is 12.0 Å². The fourth-order valence-electron chi connectivity index (χ4n) is 2.40. The molecule has 0 aliphatic carbocycles. The number of carbonyl (C=O) groups is 1. The molecule has 116 valence electrons. The highest BCUT2D eigenvalue weighted by Gasteiger charge is 2.30. The molecule has 0 bridgehead atoms. The Hall–Kier alpha value is -1.85. The van der Waals surface area contributed by atoms with Gasteiger partial charge >= 0.3 is 6.09 Å². The molecule has 6 nitrogen and oxygen atoms in total. The Kier molecular flexibility index (Phi) is 4.65. The number of likely N-dealkylation sites (N-methyl/N-ethyl adjacent to an activating group) is 1. The van der Waals surface area contributed by atoms with Crippen LogP contribution < -0.4 is 4.90 Å². The highest BCUT2D eigenvalue weighted by atomic mass is 16.6. The zero-order chi connectivity index (χ0) is 15.5. The lowest BCUT2D eigenvalue weighted by molar-refractivity contribution is 0.0199. The minimum absolute atomic E-state index is 0.216. The second-order valence-electron chi connectivity index (χ2n) is 6.38. The van der Waals surface area contributed by atoms with Crippen LogP contribution >= 0.6 is 0 Å². The smallest absolute Gasteiger partial charge is 0.410 e. The highest BCUT2D eigenvalue weighted by Crippen LogP contribution is 2.20. The number of piperidine rings is 1. The van der Waals surface area contributed by atoms with Gasteiger partial charge in [-0.1, -0.05) is 0 Å². The van der Waals surface area contributed by atoms with E-state index in [0.717, 1.165) is 19.4 Å². The molecule has 1 aliphatic heterocycles. The van der Waals surface area contributed by atoms with Crippen LogP contribution in [0.5, 0.6) is 0 Å². The number of rotatable bonds is 2. The summed E-state index contributed by atoms with van der Waals surface area (Å²) in [5.74, 6) is 0.688. The van der Waals surface area contributed by atoms with Gasteiger partial charge in [0.25, 0.3) is 0 Å². The molecule has 0 N–H and O–H groups in total. The number of likely N-dealkylation sites (tertiary alicyclic amines) is 1. The molecule has 21 heavy (non-hydrogen) atoms. The Morgan fingerprint density at radius 3 is 2.67 bits per heavy atom. The van der Waals surface area contributed by atoms with Gasteiger partial charge in [0, 0.05) is 38.6 Å². The first-order valence-corrected chi connectivity index (χ1v) is 7.34. The molecule has 0 saturated carbocycles. The summed E-state index contributed by atoms with van der Waals surface area (Å²) in [5, 5.41) is 0. The van der Waals surface area contributed by atoms with Gasteiger partial charge in [-0.05, 0) is 39.7 Å². The van der Waals surface area contributed by atoms with Gasteiger partial charge in [-0.3, -0.25) is 0 Å². The molecule has 0 unspecified atom stereocenters. The van der Waals surface area contributed by atoms with Crippen LogP contribution in [0.1, 0.15) is 33.6 Å². The standard InChI is InChI=1S/C15H24N4O2/c1-15(2,3)21-14(20)19-10-5-7-12(11-19)18(4)13-16-8-6-9-17-13/h6,8-9,12H,5,7,10-11H2,1-4H3/t12-/m1/s1. The third kappa shape index (κ3) is 4.31. The third-order valence-electron chi connectivity index (χ3n) is 3.46. The van der Waals surface area contributed by atoms with Crippen molar-refractivity contribution in [2.75, 3.05) is 25.0 Å². The van der Waals surface area contributed by atoms with Crippen molar-refractivity contribution in [3.63, 3.8) is 0 Å². The zero-order valence-electron chi connectivity index (χ0n) is 13.2. The maximum Gasteiger partial charge on any atom is 0.410 e. The number of anilines is 1. The Morgan fingerprint density at radius 2 is 2.05 bits per heavy atom. The van der Waals surface area contributed by atoms with Gasteiger partial charge in [0.2, 0.25) is 5.95 Å². The number of aromatic nitrogens is 2. The van der Waals surface area contributed by atoms with Crippen molar-refractivity contribution in [1.82, 2.24) is 14.9 Å². The molecule has 1 aromatic rings. The molecule has 2 heterocycles. The molecule has 0 radical (unpaired) electrons. The van der Waals surface area contributed by atoms with Crippen molar-refractivity contribution in [2.24, 2.45) is 0 Å². The van der Waals surface area contributed by atoms with E-state index in [4.69, 9.17) is 4.74 Å². The summed E-state index contributed by atoms with van der Waals surface area (Å²) in [6, 6.07) is 2.01. The summed E-state index contributed by atoms with van der Waals surface area (Å²) in [6.45, 7) is 7.04. The van der Waals surface area contributed by atoms with Crippen LogP contribution in [0, 0.1) is 0 Å². The molecular weight excluding hydrogens is 268 g/mol. The lowest BCUT2D eigenvalue weighted by atomic mass is 10.1. The Balaban J connectivity index is 1.99. The maximum atomic E-state index is 12.2. The summed E-state index contributed by atoms with van der Waals surface area (Å²) in [7, 11) is 1.97. The van der Waals surface area contributed by atoms with Crippen LogP contribution in [0.25, 0.3) is 0 Å². The largest absolute Gasteiger partial charge is 0.444 e. The van der Waals surface area contributed by atoms with Gasteiger partial charge in [-0.15, -0.1) is 0 Å². The van der Waals surface area contributed by atoms with Crippen molar-refractivity contribution in [3.05, 3.63) is 18.5 Å². The van der Waals surface area contributed by atoms with Crippen LogP contribution in [-0.2, 0) is 4.74 Å². The van der Waals surface area contributed by atoms with E-state index >= 15 is 0 Å². The molecule has 1 aliphatic rings. The molecule has 0 spiro atoms. The van der Waals surface area contributed by atoms with Crippen LogP contribution in [0.15, 0.2) is 18.5 Å². The number of ether oxygens (including phenoxy) is 1. The molecule has 1 atom stereocenters. The first-order chi connectivity index (χ1) is 9.87. The number of amides is 1. The van der Waals surface area contributed by atoms with E-state index in [-0.39, 0.29) is 12.1 Å². The van der Waals surface area contributed by atoms with Crippen molar-refractivity contribution < 1.29 is 9.53 Å². The van der Waals surface area contributed by atoms with Gasteiger partial charge in [0.05, 0.1) is 0 Å². The first kappa shape index (κ1) is 15.5. The Labute approximate surface area is 126 Å². The van der Waals surface area contributed by atoms with Gasteiger partial charge in [0.1, 0.15) is 5.60 Å². The van der Waals surface area contributed by atoms with E-state index in [2.05, 4.69) is 9.97 Å². The van der Waals surface area contributed by atoms with Crippen molar-refractivity contribution in [2.45, 2.75) is 45.3 Å². The second kappa shape index (κ2) is 6.28. The third-order valence-corrected chi connectivity index (χ3v) is 3.46. The second-order valence-corrected chi connectivity index (χ2v) is 6.38. The van der Waals surface area contributed by atoms with Gasteiger partial charge in [-0.25, -0.2) is 14.8 Å². The average molecular weight is 292 g/mol. The minimum Gasteiger partial charge on any atom is -0.444 e. The molecule has 1 saturated heterocycles. The van der Waals surface area contributed by atoms with Gasteiger partial charge < -0.3 is 14.5 Å². The fourth-order valence-corrected chi connectivity index (χ4v) is 2.40. The molecular formula is C15H24N4O2. The lowest BCUT2D eigenvalue weighted by Crippen LogP contribution is -2.50. The quantitative estimate of drug-likeness (QED) is 0.837. The number of hydrogen-bond acceptors (Lipinski definition) is 5. The molecule has 2 rings (SSSR count). The topological polar surface area (TPSA) is 58.6 Å². The summed E-state index contributed by atoms with van der Waals surface area (Å²) in [5.41, 5.74) is -0.460. The van der Waals surface area contributed by atoms with E-state index in [1.54, 1.807) is 23.4 Å². The van der Waals surface area contributed by atoms with Gasteiger partial charge in [0.15, 0.2) is 0 Å². The van der Waals surface area contributed by atoms with Crippen LogP contribution in [0.2, 0.25) is 0 Å². The van der Waals surface area contributed by atoms with Crippen LogP contribution in [0.4, 0.5) is 10.7 Å². The van der Waals surface area contributed by atoms with E-state index in [1.807, 2.05) is 32.7 Å². The predicted octanol–water partition coefficient (Wildman–Crippen LogP) is 2.31. The van der Waals surface area contributed by atoms with Crippen molar-refractivity contribution in [3.8, 4) is 0 Å². The van der Waals surface area contributed by atoms with Crippen LogP contribution in [-0.4, -0.2) is 52.7 Å². The first-order valence-electron chi connectivity index (χ1n) is 7.34. The number of carbonyl (C=O) groups excluding carboxylic acids is 1. The molecule has 6 heteroatoms. The zero-order valence-corrected chi connectivity index (χ0v) is 13.2. The number of nitrogens with zero attached hydrogens (tertiary/aromatic N) is 4. The summed E-state index contributed by atoms with van der Waals surface area (Å²) in [6.07, 6.45) is 5.20. The SMILES string of the molecule is CN(c1ncccn1)[C@@H]1CCCN(C(=O)OC(C)(C)C)C1. The van der Waals surface area contributed by atoms with E-state index in [9.17, 15) is 4.79 Å².